The van der Waals surface area contributed by atoms with Crippen LogP contribution in [0.25, 0.3) is 0 Å². The highest BCUT2D eigenvalue weighted by Gasteiger charge is 2.20. The molecule has 7 heteroatoms. The van der Waals surface area contributed by atoms with E-state index in [4.69, 9.17) is 11.5 Å². The summed E-state index contributed by atoms with van der Waals surface area (Å²) < 4.78 is 1.53. The van der Waals surface area contributed by atoms with Crippen LogP contribution in [-0.4, -0.2) is 33.0 Å². The number of benzene rings is 1. The third-order valence-electron chi connectivity index (χ3n) is 2.92. The molecule has 2 amide bonds. The number of amides is 2. The molecule has 2 rings (SSSR count). The molecule has 0 spiro atoms. The molecule has 0 aliphatic heterocycles. The highest BCUT2D eigenvalue weighted by Crippen LogP contribution is 2.11. The second kappa shape index (κ2) is 6.08. The number of nitrogens with two attached hydrogens (primary N) is 2. The summed E-state index contributed by atoms with van der Waals surface area (Å²) in [7, 11) is 1.72. The highest BCUT2D eigenvalue weighted by atomic mass is 16.2. The fourth-order valence-electron chi connectivity index (χ4n) is 1.92. The molecule has 0 bridgehead atoms. The lowest BCUT2D eigenvalue weighted by molar-refractivity contribution is -0.118. The van der Waals surface area contributed by atoms with Gasteiger partial charge in [-0.3, -0.25) is 14.3 Å². The zero-order valence-corrected chi connectivity index (χ0v) is 11.7. The molecule has 4 N–H and O–H groups in total. The molecule has 1 aromatic carbocycles. The molecular formula is C14H17N5O2. The molecule has 1 heterocycles. The Labute approximate surface area is 122 Å². The summed E-state index contributed by atoms with van der Waals surface area (Å²) in [6.07, 6.45) is 1.67. The van der Waals surface area contributed by atoms with E-state index in [1.807, 2.05) is 0 Å². The van der Waals surface area contributed by atoms with Gasteiger partial charge in [-0.1, -0.05) is 12.1 Å². The zero-order valence-electron chi connectivity index (χ0n) is 11.7. The number of carbonyl (C=O) groups excluding carboxylic acids is 2. The molecule has 0 atom stereocenters. The van der Waals surface area contributed by atoms with Gasteiger partial charge in [-0.25, -0.2) is 0 Å². The SMILES string of the molecule is Cn1ccc(C(=O)N(CC(N)=O)Cc2ccc(N)cc2)n1. The number of hydrogen-bond donors (Lipinski definition) is 2. The molecule has 0 saturated heterocycles. The Balaban J connectivity index is 2.19. The molecule has 2 aromatic rings. The van der Waals surface area contributed by atoms with Crippen molar-refractivity contribution in [3.05, 3.63) is 47.8 Å². The average molecular weight is 287 g/mol. The first-order valence-corrected chi connectivity index (χ1v) is 6.37. The smallest absolute Gasteiger partial charge is 0.275 e. The number of primary amides is 1. The van der Waals surface area contributed by atoms with E-state index < -0.39 is 5.91 Å². The maximum atomic E-state index is 12.4. The number of aromatic nitrogens is 2. The van der Waals surface area contributed by atoms with E-state index >= 15 is 0 Å². The van der Waals surface area contributed by atoms with Crippen LogP contribution in [0.2, 0.25) is 0 Å². The lowest BCUT2D eigenvalue weighted by atomic mass is 10.2. The predicted octanol–water partition coefficient (Wildman–Crippen LogP) is 0.130. The van der Waals surface area contributed by atoms with Crippen LogP contribution in [0.15, 0.2) is 36.5 Å². The number of nitrogen functional groups attached to an aromatic ring is 1. The van der Waals surface area contributed by atoms with Crippen LogP contribution >= 0.6 is 0 Å². The number of rotatable bonds is 5. The Bertz CT molecular complexity index is 648. The quantitative estimate of drug-likeness (QED) is 0.762. The zero-order chi connectivity index (χ0) is 15.4. The van der Waals surface area contributed by atoms with Crippen molar-refractivity contribution in [2.75, 3.05) is 12.3 Å². The van der Waals surface area contributed by atoms with Gasteiger partial charge in [-0.15, -0.1) is 0 Å². The second-order valence-corrected chi connectivity index (χ2v) is 4.74. The van der Waals surface area contributed by atoms with E-state index in [1.54, 1.807) is 43.6 Å². The molecule has 0 saturated carbocycles. The summed E-state index contributed by atoms with van der Waals surface area (Å²) in [6.45, 7) is 0.0956. The van der Waals surface area contributed by atoms with Crippen molar-refractivity contribution < 1.29 is 9.59 Å². The number of carbonyl (C=O) groups is 2. The summed E-state index contributed by atoms with van der Waals surface area (Å²) in [5.41, 5.74) is 12.6. The van der Waals surface area contributed by atoms with Gasteiger partial charge in [-0.05, 0) is 23.8 Å². The van der Waals surface area contributed by atoms with Crippen molar-refractivity contribution in [2.24, 2.45) is 12.8 Å². The van der Waals surface area contributed by atoms with Gasteiger partial charge in [0.15, 0.2) is 0 Å². The summed E-state index contributed by atoms with van der Waals surface area (Å²) in [5, 5.41) is 4.05. The first-order chi connectivity index (χ1) is 9.95. The Hall–Kier alpha value is -2.83. The van der Waals surface area contributed by atoms with Gasteiger partial charge in [0.05, 0.1) is 0 Å². The Morgan fingerprint density at radius 2 is 1.90 bits per heavy atom. The van der Waals surface area contributed by atoms with Crippen LogP contribution in [0, 0.1) is 0 Å². The van der Waals surface area contributed by atoms with Crippen LogP contribution in [0.3, 0.4) is 0 Å². The minimum absolute atomic E-state index is 0.167. The fourth-order valence-corrected chi connectivity index (χ4v) is 1.92. The van der Waals surface area contributed by atoms with Crippen molar-refractivity contribution in [3.8, 4) is 0 Å². The van der Waals surface area contributed by atoms with Gasteiger partial charge < -0.3 is 16.4 Å². The maximum Gasteiger partial charge on any atom is 0.275 e. The molecule has 21 heavy (non-hydrogen) atoms. The number of anilines is 1. The van der Waals surface area contributed by atoms with Crippen LogP contribution in [0.5, 0.6) is 0 Å². The van der Waals surface area contributed by atoms with Gasteiger partial charge in [0.1, 0.15) is 12.2 Å². The average Bonchev–Trinajstić information content (AvgIpc) is 2.86. The van der Waals surface area contributed by atoms with Crippen molar-refractivity contribution in [3.63, 3.8) is 0 Å². The highest BCUT2D eigenvalue weighted by molar-refractivity contribution is 5.94. The summed E-state index contributed by atoms with van der Waals surface area (Å²) in [5.74, 6) is -0.916. The molecule has 0 unspecified atom stereocenters. The lowest BCUT2D eigenvalue weighted by Gasteiger charge is -2.20. The van der Waals surface area contributed by atoms with E-state index in [0.29, 0.717) is 5.69 Å². The van der Waals surface area contributed by atoms with Crippen molar-refractivity contribution in [2.45, 2.75) is 6.54 Å². The van der Waals surface area contributed by atoms with E-state index in [9.17, 15) is 9.59 Å². The minimum Gasteiger partial charge on any atom is -0.399 e. The van der Waals surface area contributed by atoms with E-state index in [1.165, 1.54) is 9.58 Å². The third kappa shape index (κ3) is 3.82. The Kier molecular flexibility index (Phi) is 4.22. The van der Waals surface area contributed by atoms with Crippen molar-refractivity contribution in [1.29, 1.82) is 0 Å². The van der Waals surface area contributed by atoms with Crippen LogP contribution in [0.4, 0.5) is 5.69 Å². The van der Waals surface area contributed by atoms with Crippen LogP contribution in [0.1, 0.15) is 16.1 Å². The predicted molar refractivity (Wildman–Crippen MR) is 78.0 cm³/mol. The van der Waals surface area contributed by atoms with Gasteiger partial charge in [0.25, 0.3) is 5.91 Å². The number of nitrogens with zero attached hydrogens (tertiary/aromatic N) is 3. The first-order valence-electron chi connectivity index (χ1n) is 6.37. The maximum absolute atomic E-state index is 12.4. The number of hydrogen-bond acceptors (Lipinski definition) is 4. The monoisotopic (exact) mass is 287 g/mol. The topological polar surface area (TPSA) is 107 Å². The molecule has 0 aliphatic rings. The Morgan fingerprint density at radius 1 is 1.24 bits per heavy atom. The number of aryl methyl sites for hydroxylation is 1. The molecule has 0 fully saturated rings. The van der Waals surface area contributed by atoms with Crippen LogP contribution < -0.4 is 11.5 Å². The third-order valence-corrected chi connectivity index (χ3v) is 2.92. The normalized spacial score (nSPS) is 10.3. The lowest BCUT2D eigenvalue weighted by Crippen LogP contribution is -2.38. The first kappa shape index (κ1) is 14.6. The van der Waals surface area contributed by atoms with Gasteiger partial charge in [0, 0.05) is 25.5 Å². The van der Waals surface area contributed by atoms with Crippen molar-refractivity contribution in [1.82, 2.24) is 14.7 Å². The largest absolute Gasteiger partial charge is 0.399 e. The molecule has 0 radical (unpaired) electrons. The standard InChI is InChI=1S/C14H17N5O2/c1-18-7-6-12(17-18)14(21)19(9-13(16)20)8-10-2-4-11(15)5-3-10/h2-7H,8-9,15H2,1H3,(H2,16,20). The summed E-state index contributed by atoms with van der Waals surface area (Å²) in [6, 6.07) is 8.68. The van der Waals surface area contributed by atoms with E-state index in [2.05, 4.69) is 5.10 Å². The Morgan fingerprint density at radius 3 is 2.43 bits per heavy atom. The van der Waals surface area contributed by atoms with Gasteiger partial charge in [0.2, 0.25) is 5.91 Å². The van der Waals surface area contributed by atoms with Gasteiger partial charge in [-0.2, -0.15) is 5.10 Å². The van der Waals surface area contributed by atoms with E-state index in [-0.39, 0.29) is 24.7 Å². The van der Waals surface area contributed by atoms with E-state index in [0.717, 1.165) is 5.56 Å². The fraction of sp³-hybridized carbons (Fsp3) is 0.214. The summed E-state index contributed by atoms with van der Waals surface area (Å²) >= 11 is 0. The molecule has 0 aliphatic carbocycles. The summed E-state index contributed by atoms with van der Waals surface area (Å²) in [4.78, 5) is 24.9. The second-order valence-electron chi connectivity index (χ2n) is 4.74. The van der Waals surface area contributed by atoms with Crippen LogP contribution in [-0.2, 0) is 18.4 Å². The molecule has 7 nitrogen and oxygen atoms in total. The van der Waals surface area contributed by atoms with Crippen molar-refractivity contribution >= 4 is 17.5 Å². The molecule has 110 valence electrons. The minimum atomic E-state index is -0.574. The van der Waals surface area contributed by atoms with Gasteiger partial charge >= 0.3 is 0 Å². The molecular weight excluding hydrogens is 270 g/mol. The molecule has 1 aromatic heterocycles.